The summed E-state index contributed by atoms with van der Waals surface area (Å²) >= 11 is 0. The second-order valence-corrected chi connectivity index (χ2v) is 5.68. The molecule has 0 spiro atoms. The minimum Gasteiger partial charge on any atom is -0.332 e. The molecule has 116 valence electrons. The largest absolute Gasteiger partial charge is 0.332 e. The van der Waals surface area contributed by atoms with Crippen LogP contribution in [0.4, 0.5) is 10.1 Å². The van der Waals surface area contributed by atoms with E-state index < -0.39 is 0 Å². The zero-order valence-corrected chi connectivity index (χ0v) is 12.9. The molecule has 2 aromatic carbocycles. The van der Waals surface area contributed by atoms with Crippen molar-refractivity contribution >= 4 is 11.6 Å². The molecule has 0 bridgehead atoms. The van der Waals surface area contributed by atoms with Gasteiger partial charge >= 0.3 is 0 Å². The van der Waals surface area contributed by atoms with Crippen LogP contribution in [0.15, 0.2) is 54.6 Å². The SMILES string of the molecule is CC(C)[C@@H]([NH2+]CC(=O)Nc1cccc(F)c1)c1ccccc1. The molecule has 0 saturated heterocycles. The van der Waals surface area contributed by atoms with Crippen LogP contribution in [0, 0.1) is 11.7 Å². The van der Waals surface area contributed by atoms with Gasteiger partial charge < -0.3 is 10.6 Å². The minimum atomic E-state index is -0.355. The highest BCUT2D eigenvalue weighted by Crippen LogP contribution is 2.16. The molecule has 4 heteroatoms. The second-order valence-electron chi connectivity index (χ2n) is 5.68. The van der Waals surface area contributed by atoms with Crippen molar-refractivity contribution < 1.29 is 14.5 Å². The average Bonchev–Trinajstić information content (AvgIpc) is 2.48. The number of quaternary nitrogens is 1. The number of rotatable bonds is 6. The average molecular weight is 301 g/mol. The van der Waals surface area contributed by atoms with E-state index in [1.807, 2.05) is 23.5 Å². The summed E-state index contributed by atoms with van der Waals surface area (Å²) in [6.07, 6.45) is 0. The lowest BCUT2D eigenvalue weighted by molar-refractivity contribution is -0.692. The summed E-state index contributed by atoms with van der Waals surface area (Å²) in [5, 5.41) is 4.74. The molecule has 22 heavy (non-hydrogen) atoms. The van der Waals surface area contributed by atoms with E-state index in [0.717, 1.165) is 0 Å². The van der Waals surface area contributed by atoms with E-state index in [1.165, 1.54) is 17.7 Å². The van der Waals surface area contributed by atoms with Crippen molar-refractivity contribution in [2.45, 2.75) is 19.9 Å². The van der Waals surface area contributed by atoms with Gasteiger partial charge in [-0.25, -0.2) is 4.39 Å². The van der Waals surface area contributed by atoms with Gasteiger partial charge in [-0.2, -0.15) is 0 Å². The first-order valence-electron chi connectivity index (χ1n) is 7.50. The van der Waals surface area contributed by atoms with Crippen molar-refractivity contribution in [3.8, 4) is 0 Å². The highest BCUT2D eigenvalue weighted by molar-refractivity contribution is 5.91. The van der Waals surface area contributed by atoms with Crippen LogP contribution in [0.25, 0.3) is 0 Å². The molecular formula is C18H22FN2O+. The van der Waals surface area contributed by atoms with Gasteiger partial charge in [0.1, 0.15) is 11.9 Å². The van der Waals surface area contributed by atoms with Crippen molar-refractivity contribution in [2.24, 2.45) is 5.92 Å². The summed E-state index contributed by atoms with van der Waals surface area (Å²) in [6, 6.07) is 16.3. The molecule has 2 rings (SSSR count). The van der Waals surface area contributed by atoms with Crippen molar-refractivity contribution in [1.29, 1.82) is 0 Å². The number of carbonyl (C=O) groups excluding carboxylic acids is 1. The van der Waals surface area contributed by atoms with Crippen molar-refractivity contribution in [2.75, 3.05) is 11.9 Å². The molecule has 0 aliphatic rings. The van der Waals surface area contributed by atoms with E-state index in [1.54, 1.807) is 12.1 Å². The Hall–Kier alpha value is -2.20. The number of nitrogens with two attached hydrogens (primary N) is 1. The Morgan fingerprint density at radius 2 is 1.86 bits per heavy atom. The molecule has 2 aromatic rings. The monoisotopic (exact) mass is 301 g/mol. The molecule has 0 aliphatic carbocycles. The summed E-state index contributed by atoms with van der Waals surface area (Å²) in [5.41, 5.74) is 1.69. The smallest absolute Gasteiger partial charge is 0.279 e. The topological polar surface area (TPSA) is 45.7 Å². The quantitative estimate of drug-likeness (QED) is 0.846. The molecule has 0 unspecified atom stereocenters. The van der Waals surface area contributed by atoms with Crippen molar-refractivity contribution in [3.05, 3.63) is 66.0 Å². The van der Waals surface area contributed by atoms with Crippen LogP contribution >= 0.6 is 0 Å². The van der Waals surface area contributed by atoms with Crippen LogP contribution in [0.2, 0.25) is 0 Å². The molecule has 1 amide bonds. The van der Waals surface area contributed by atoms with E-state index >= 15 is 0 Å². The molecule has 3 nitrogen and oxygen atoms in total. The number of hydrogen-bond donors (Lipinski definition) is 2. The van der Waals surface area contributed by atoms with Gasteiger partial charge in [0.05, 0.1) is 0 Å². The molecule has 0 radical (unpaired) electrons. The van der Waals surface area contributed by atoms with Crippen molar-refractivity contribution in [3.63, 3.8) is 0 Å². The highest BCUT2D eigenvalue weighted by Gasteiger charge is 2.20. The van der Waals surface area contributed by atoms with Crippen LogP contribution in [0.3, 0.4) is 0 Å². The van der Waals surface area contributed by atoms with Crippen LogP contribution in [0.1, 0.15) is 25.5 Å². The standard InChI is InChI=1S/C18H21FN2O/c1-13(2)18(14-7-4-3-5-8-14)20-12-17(22)21-16-10-6-9-15(19)11-16/h3-11,13,18,20H,12H2,1-2H3,(H,21,22)/p+1/t18-/m1/s1. The third-order valence-corrected chi connectivity index (χ3v) is 3.57. The number of carbonyl (C=O) groups is 1. The van der Waals surface area contributed by atoms with Gasteiger partial charge in [0.25, 0.3) is 5.91 Å². The molecule has 0 fully saturated rings. The summed E-state index contributed by atoms with van der Waals surface area (Å²) in [5.74, 6) is -0.0809. The third kappa shape index (κ3) is 4.67. The molecule has 0 aliphatic heterocycles. The van der Waals surface area contributed by atoms with Crippen LogP contribution in [0.5, 0.6) is 0 Å². The Morgan fingerprint density at radius 3 is 2.50 bits per heavy atom. The fourth-order valence-electron chi connectivity index (χ4n) is 2.48. The van der Waals surface area contributed by atoms with Gasteiger partial charge in [0.2, 0.25) is 0 Å². The van der Waals surface area contributed by atoms with Gasteiger partial charge in [-0.3, -0.25) is 4.79 Å². The Balaban J connectivity index is 1.94. The van der Waals surface area contributed by atoms with Gasteiger partial charge in [-0.15, -0.1) is 0 Å². The minimum absolute atomic E-state index is 0.132. The van der Waals surface area contributed by atoms with Gasteiger partial charge in [0.15, 0.2) is 6.54 Å². The van der Waals surface area contributed by atoms with E-state index in [2.05, 4.69) is 31.3 Å². The number of amides is 1. The first-order chi connectivity index (χ1) is 10.6. The molecule has 0 heterocycles. The maximum atomic E-state index is 13.1. The molecule has 0 aromatic heterocycles. The number of hydrogen-bond acceptors (Lipinski definition) is 1. The van der Waals surface area contributed by atoms with Crippen LogP contribution < -0.4 is 10.6 Å². The lowest BCUT2D eigenvalue weighted by Gasteiger charge is -2.19. The second kappa shape index (κ2) is 7.71. The van der Waals surface area contributed by atoms with E-state index in [4.69, 9.17) is 0 Å². The number of nitrogens with one attached hydrogen (secondary N) is 1. The van der Waals surface area contributed by atoms with E-state index in [9.17, 15) is 9.18 Å². The first-order valence-corrected chi connectivity index (χ1v) is 7.50. The van der Waals surface area contributed by atoms with Crippen molar-refractivity contribution in [1.82, 2.24) is 0 Å². The molecule has 1 atom stereocenters. The normalized spacial score (nSPS) is 12.2. The highest BCUT2D eigenvalue weighted by atomic mass is 19.1. The van der Waals surface area contributed by atoms with Gasteiger partial charge in [-0.1, -0.05) is 50.2 Å². The maximum absolute atomic E-state index is 13.1. The molecular weight excluding hydrogens is 279 g/mol. The lowest BCUT2D eigenvalue weighted by atomic mass is 9.96. The number of anilines is 1. The van der Waals surface area contributed by atoms with E-state index in [0.29, 0.717) is 18.2 Å². The van der Waals surface area contributed by atoms with Gasteiger partial charge in [0, 0.05) is 17.2 Å². The number of benzene rings is 2. The first kappa shape index (κ1) is 16.2. The number of halogens is 1. The zero-order valence-electron chi connectivity index (χ0n) is 12.9. The maximum Gasteiger partial charge on any atom is 0.279 e. The van der Waals surface area contributed by atoms with E-state index in [-0.39, 0.29) is 17.8 Å². The van der Waals surface area contributed by atoms with Crippen LogP contribution in [-0.2, 0) is 4.79 Å². The van der Waals surface area contributed by atoms with Gasteiger partial charge in [-0.05, 0) is 18.2 Å². The lowest BCUT2D eigenvalue weighted by Crippen LogP contribution is -2.88. The summed E-state index contributed by atoms with van der Waals surface area (Å²) in [6.45, 7) is 4.57. The third-order valence-electron chi connectivity index (χ3n) is 3.57. The predicted octanol–water partition coefficient (Wildman–Crippen LogP) is 2.72. The fraction of sp³-hybridized carbons (Fsp3) is 0.278. The zero-order chi connectivity index (χ0) is 15.9. The predicted molar refractivity (Wildman–Crippen MR) is 85.8 cm³/mol. The Bertz CT molecular complexity index is 613. The Morgan fingerprint density at radius 1 is 1.14 bits per heavy atom. The summed E-state index contributed by atoms with van der Waals surface area (Å²) in [4.78, 5) is 12.0. The Labute approximate surface area is 130 Å². The summed E-state index contributed by atoms with van der Waals surface area (Å²) in [7, 11) is 0. The molecule has 0 saturated carbocycles. The molecule has 3 N–H and O–H groups in total. The van der Waals surface area contributed by atoms with Crippen LogP contribution in [-0.4, -0.2) is 12.5 Å². The fourth-order valence-corrected chi connectivity index (χ4v) is 2.48. The Kier molecular flexibility index (Phi) is 5.67. The summed E-state index contributed by atoms with van der Waals surface area (Å²) < 4.78 is 13.1.